The van der Waals surface area contributed by atoms with Gasteiger partial charge < -0.3 is 9.47 Å². The number of ketones is 1. The van der Waals surface area contributed by atoms with E-state index in [2.05, 4.69) is 0 Å². The number of esters is 1. The highest BCUT2D eigenvalue weighted by atomic mass is 35.5. The zero-order valence-electron chi connectivity index (χ0n) is 13.2. The van der Waals surface area contributed by atoms with Gasteiger partial charge in [0.2, 0.25) is 0 Å². The minimum absolute atomic E-state index is 0.0851. The van der Waals surface area contributed by atoms with Crippen molar-refractivity contribution in [3.05, 3.63) is 45.3 Å². The average molecular weight is 401 g/mol. The Bertz CT molecular complexity index is 767. The van der Waals surface area contributed by atoms with Gasteiger partial charge in [-0.15, -0.1) is 11.3 Å². The summed E-state index contributed by atoms with van der Waals surface area (Å²) in [4.78, 5) is 35.3. The van der Waals surface area contributed by atoms with E-state index in [0.717, 1.165) is 10.4 Å². The summed E-state index contributed by atoms with van der Waals surface area (Å²) in [5.41, 5.74) is 1.34. The molecule has 8 heteroatoms. The molecule has 1 aromatic heterocycles. The predicted octanol–water partition coefficient (Wildman–Crippen LogP) is 4.11. The molecule has 2 aromatic rings. The van der Waals surface area contributed by atoms with Crippen molar-refractivity contribution in [3.8, 4) is 10.4 Å². The van der Waals surface area contributed by atoms with Crippen LogP contribution in [0.1, 0.15) is 18.4 Å². The molecule has 25 heavy (non-hydrogen) atoms. The van der Waals surface area contributed by atoms with Gasteiger partial charge in [-0.1, -0.05) is 23.2 Å². The average Bonchev–Trinajstić information content (AvgIpc) is 3.04. The first-order valence-corrected chi connectivity index (χ1v) is 8.91. The summed E-state index contributed by atoms with van der Waals surface area (Å²) in [5.74, 6) is -2.65. The molecule has 0 spiro atoms. The smallest absolute Gasteiger partial charge is 0.375 e. The molecule has 0 saturated heterocycles. The zero-order chi connectivity index (χ0) is 18.4. The van der Waals surface area contributed by atoms with E-state index in [1.54, 1.807) is 36.6 Å². The van der Waals surface area contributed by atoms with E-state index in [1.807, 2.05) is 0 Å². The van der Waals surface area contributed by atoms with Crippen molar-refractivity contribution < 1.29 is 23.9 Å². The summed E-state index contributed by atoms with van der Waals surface area (Å²) in [7, 11) is 0. The van der Waals surface area contributed by atoms with Gasteiger partial charge in [0.1, 0.15) is 6.61 Å². The largest absolute Gasteiger partial charge is 0.467 e. The van der Waals surface area contributed by atoms with Gasteiger partial charge in [0.25, 0.3) is 12.3 Å². The van der Waals surface area contributed by atoms with Crippen molar-refractivity contribution in [1.82, 2.24) is 0 Å². The van der Waals surface area contributed by atoms with Crippen LogP contribution in [0.25, 0.3) is 10.4 Å². The minimum atomic E-state index is -0.958. The third-order valence-corrected chi connectivity index (χ3v) is 4.73. The van der Waals surface area contributed by atoms with E-state index >= 15 is 0 Å². The second-order valence-corrected chi connectivity index (χ2v) is 6.75. The second-order valence-electron chi connectivity index (χ2n) is 4.97. The Kier molecular flexibility index (Phi) is 6.99. The number of benzene rings is 1. The van der Waals surface area contributed by atoms with Crippen molar-refractivity contribution in [3.63, 3.8) is 0 Å². The fraction of sp³-hybridized carbons (Fsp3) is 0.235. The number of thiophene rings is 1. The number of rotatable bonds is 8. The van der Waals surface area contributed by atoms with Gasteiger partial charge in [0.15, 0.2) is 0 Å². The van der Waals surface area contributed by atoms with Crippen LogP contribution >= 0.6 is 34.5 Å². The van der Waals surface area contributed by atoms with Gasteiger partial charge >= 0.3 is 5.97 Å². The third kappa shape index (κ3) is 5.04. The topological polar surface area (TPSA) is 69.7 Å². The van der Waals surface area contributed by atoms with E-state index in [1.165, 1.54) is 11.3 Å². The molecule has 0 saturated carbocycles. The lowest BCUT2D eigenvalue weighted by atomic mass is 9.97. The standard InChI is InChI=1S/C17H14Cl2O5S/c1-2-24-17(22)16(21)14(7-23-9-20)11-5-15(25-8-11)10-3-12(18)6-13(19)4-10/h3-6,8-9,14H,2,7H2,1H3. The summed E-state index contributed by atoms with van der Waals surface area (Å²) < 4.78 is 9.45. The molecule has 132 valence electrons. The van der Waals surface area contributed by atoms with Crippen molar-refractivity contribution in [1.29, 1.82) is 0 Å². The van der Waals surface area contributed by atoms with Crippen LogP contribution in [0, 0.1) is 0 Å². The summed E-state index contributed by atoms with van der Waals surface area (Å²) in [6.45, 7) is 1.68. The highest BCUT2D eigenvalue weighted by molar-refractivity contribution is 7.13. The first-order valence-electron chi connectivity index (χ1n) is 7.27. The molecule has 0 aliphatic rings. The van der Waals surface area contributed by atoms with E-state index in [-0.39, 0.29) is 19.7 Å². The first kappa shape index (κ1) is 19.4. The fourth-order valence-electron chi connectivity index (χ4n) is 2.18. The maximum Gasteiger partial charge on any atom is 0.375 e. The maximum atomic E-state index is 12.3. The molecular formula is C17H14Cl2O5S. The van der Waals surface area contributed by atoms with E-state index in [4.69, 9.17) is 32.7 Å². The van der Waals surface area contributed by atoms with Gasteiger partial charge in [-0.25, -0.2) is 4.79 Å². The van der Waals surface area contributed by atoms with Gasteiger partial charge in [0, 0.05) is 14.9 Å². The van der Waals surface area contributed by atoms with Gasteiger partial charge in [-0.05, 0) is 47.7 Å². The molecule has 1 unspecified atom stereocenters. The van der Waals surface area contributed by atoms with Crippen molar-refractivity contribution in [2.45, 2.75) is 12.8 Å². The van der Waals surface area contributed by atoms with Crippen LogP contribution in [0.4, 0.5) is 0 Å². The Labute approximate surface area is 158 Å². The van der Waals surface area contributed by atoms with Crippen LogP contribution < -0.4 is 0 Å². The summed E-state index contributed by atoms with van der Waals surface area (Å²) in [6, 6.07) is 6.84. The molecule has 0 fully saturated rings. The Balaban J connectivity index is 2.32. The normalized spacial score (nSPS) is 11.6. The highest BCUT2D eigenvalue weighted by Gasteiger charge is 2.29. The van der Waals surface area contributed by atoms with Crippen LogP contribution in [0.15, 0.2) is 29.6 Å². The number of Topliss-reactive ketones (excluding diaryl/α,β-unsaturated/α-hetero) is 1. The van der Waals surface area contributed by atoms with Crippen LogP contribution in [-0.2, 0) is 23.9 Å². The number of hydrogen-bond donors (Lipinski definition) is 0. The van der Waals surface area contributed by atoms with E-state index in [9.17, 15) is 14.4 Å². The second kappa shape index (κ2) is 8.99. The molecule has 0 bridgehead atoms. The summed E-state index contributed by atoms with van der Waals surface area (Å²) in [6.07, 6.45) is 0. The third-order valence-electron chi connectivity index (χ3n) is 3.29. The molecule has 2 rings (SSSR count). The molecule has 0 aliphatic heterocycles. The molecule has 1 aromatic carbocycles. The number of hydrogen-bond acceptors (Lipinski definition) is 6. The Morgan fingerprint density at radius 3 is 2.48 bits per heavy atom. The number of ether oxygens (including phenoxy) is 2. The Morgan fingerprint density at radius 2 is 1.88 bits per heavy atom. The number of halogens is 2. The van der Waals surface area contributed by atoms with Crippen LogP contribution in [0.2, 0.25) is 10.0 Å². The quantitative estimate of drug-likeness (QED) is 0.378. The Morgan fingerprint density at radius 1 is 1.20 bits per heavy atom. The molecule has 0 aliphatic carbocycles. The van der Waals surface area contributed by atoms with Gasteiger partial charge in [-0.3, -0.25) is 9.59 Å². The Hall–Kier alpha value is -1.89. The van der Waals surface area contributed by atoms with Gasteiger partial charge in [-0.2, -0.15) is 0 Å². The van der Waals surface area contributed by atoms with E-state index in [0.29, 0.717) is 15.6 Å². The number of carbonyl (C=O) groups excluding carboxylic acids is 3. The maximum absolute atomic E-state index is 12.3. The molecule has 1 atom stereocenters. The van der Waals surface area contributed by atoms with Crippen molar-refractivity contribution in [2.75, 3.05) is 13.2 Å². The predicted molar refractivity (Wildman–Crippen MR) is 96.2 cm³/mol. The van der Waals surface area contributed by atoms with Crippen LogP contribution in [0.5, 0.6) is 0 Å². The summed E-state index contributed by atoms with van der Waals surface area (Å²) >= 11 is 13.4. The highest BCUT2D eigenvalue weighted by Crippen LogP contribution is 2.34. The first-order chi connectivity index (χ1) is 12.0. The summed E-state index contributed by atoms with van der Waals surface area (Å²) in [5, 5.41) is 2.70. The molecule has 0 N–H and O–H groups in total. The molecule has 0 amide bonds. The molecular weight excluding hydrogens is 387 g/mol. The lowest BCUT2D eigenvalue weighted by Crippen LogP contribution is -2.27. The van der Waals surface area contributed by atoms with Crippen LogP contribution in [0.3, 0.4) is 0 Å². The molecule has 5 nitrogen and oxygen atoms in total. The zero-order valence-corrected chi connectivity index (χ0v) is 15.5. The van der Waals surface area contributed by atoms with Crippen LogP contribution in [-0.4, -0.2) is 31.4 Å². The monoisotopic (exact) mass is 400 g/mol. The molecule has 0 radical (unpaired) electrons. The van der Waals surface area contributed by atoms with Gasteiger partial charge in [0.05, 0.1) is 12.5 Å². The molecule has 1 heterocycles. The van der Waals surface area contributed by atoms with E-state index < -0.39 is 17.7 Å². The van der Waals surface area contributed by atoms with Crippen molar-refractivity contribution >= 4 is 52.8 Å². The number of carbonyl (C=O) groups is 3. The SMILES string of the molecule is CCOC(=O)C(=O)C(COC=O)c1csc(-c2cc(Cl)cc(Cl)c2)c1. The van der Waals surface area contributed by atoms with Crippen molar-refractivity contribution in [2.24, 2.45) is 0 Å². The lowest BCUT2D eigenvalue weighted by molar-refractivity contribution is -0.155. The lowest BCUT2D eigenvalue weighted by Gasteiger charge is -2.12. The fourth-order valence-corrected chi connectivity index (χ4v) is 3.66. The minimum Gasteiger partial charge on any atom is -0.467 e.